The van der Waals surface area contributed by atoms with Gasteiger partial charge in [0, 0.05) is 31.8 Å². The first-order chi connectivity index (χ1) is 12.2. The highest BCUT2D eigenvalue weighted by Gasteiger charge is 2.08. The first-order valence-electron chi connectivity index (χ1n) is 8.20. The van der Waals surface area contributed by atoms with Crippen LogP contribution in [-0.2, 0) is 18.3 Å². The van der Waals surface area contributed by atoms with Crippen LogP contribution in [0.1, 0.15) is 18.7 Å². The van der Waals surface area contributed by atoms with Crippen LogP contribution in [-0.4, -0.2) is 30.1 Å². The number of carbonyl (C=O) groups is 1. The largest absolute Gasteiger partial charge is 0.334 e. The lowest BCUT2D eigenvalue weighted by Gasteiger charge is -2.05. The molecule has 0 atom stereocenters. The topological polar surface area (TPSA) is 77.1 Å². The van der Waals surface area contributed by atoms with Gasteiger partial charge in [0.1, 0.15) is 5.82 Å². The highest BCUT2D eigenvalue weighted by atomic mass is 16.1. The van der Waals surface area contributed by atoms with Crippen LogP contribution in [0.3, 0.4) is 0 Å². The molecule has 0 aliphatic heterocycles. The van der Waals surface area contributed by atoms with E-state index in [1.165, 1.54) is 0 Å². The number of nitrogens with zero attached hydrogens (tertiary/aromatic N) is 5. The van der Waals surface area contributed by atoms with Crippen LogP contribution < -0.4 is 5.32 Å². The minimum absolute atomic E-state index is 0.0101. The number of aryl methyl sites for hydroxylation is 2. The molecule has 0 fully saturated rings. The van der Waals surface area contributed by atoms with Crippen LogP contribution in [0.4, 0.5) is 5.69 Å². The number of imidazole rings is 1. The summed E-state index contributed by atoms with van der Waals surface area (Å²) in [6.07, 6.45) is 5.55. The highest BCUT2D eigenvalue weighted by Crippen LogP contribution is 2.17. The van der Waals surface area contributed by atoms with Gasteiger partial charge in [-0.05, 0) is 36.8 Å². The summed E-state index contributed by atoms with van der Waals surface area (Å²) in [7, 11) is 1.95. The van der Waals surface area contributed by atoms with Gasteiger partial charge in [-0.2, -0.15) is 0 Å². The van der Waals surface area contributed by atoms with Crippen molar-refractivity contribution < 1.29 is 4.79 Å². The number of carbonyl (C=O) groups excluding carboxylic acids is 1. The van der Waals surface area contributed by atoms with E-state index in [1.54, 1.807) is 6.33 Å². The molecule has 4 aromatic rings. The van der Waals surface area contributed by atoms with Crippen LogP contribution in [0.15, 0.2) is 48.9 Å². The van der Waals surface area contributed by atoms with E-state index < -0.39 is 0 Å². The number of hydrogen-bond donors (Lipinski definition) is 1. The molecule has 3 heterocycles. The Kier molecular flexibility index (Phi) is 3.89. The minimum atomic E-state index is -0.0101. The van der Waals surface area contributed by atoms with Crippen molar-refractivity contribution in [2.24, 2.45) is 7.05 Å². The summed E-state index contributed by atoms with van der Waals surface area (Å²) in [4.78, 5) is 16.5. The Morgan fingerprint density at radius 1 is 1.20 bits per heavy atom. The Morgan fingerprint density at radius 2 is 2.12 bits per heavy atom. The quantitative estimate of drug-likeness (QED) is 0.608. The molecule has 126 valence electrons. The SMILES string of the molecule is Cn1cnc2cc(NC(=O)CCCc3nnc4ccccn34)ccc21. The second-order valence-corrected chi connectivity index (χ2v) is 6.01. The zero-order valence-electron chi connectivity index (χ0n) is 13.9. The molecule has 0 saturated carbocycles. The van der Waals surface area contributed by atoms with E-state index in [9.17, 15) is 4.79 Å². The van der Waals surface area contributed by atoms with Crippen LogP contribution in [0.2, 0.25) is 0 Å². The van der Waals surface area contributed by atoms with Crippen LogP contribution in [0.5, 0.6) is 0 Å². The van der Waals surface area contributed by atoms with Gasteiger partial charge >= 0.3 is 0 Å². The molecule has 0 aliphatic rings. The molecular formula is C18H18N6O. The maximum atomic E-state index is 12.2. The van der Waals surface area contributed by atoms with Crippen molar-refractivity contribution in [2.45, 2.75) is 19.3 Å². The van der Waals surface area contributed by atoms with Crippen molar-refractivity contribution in [3.63, 3.8) is 0 Å². The standard InChI is InChI=1S/C18H18N6O/c1-23-12-19-14-11-13(8-9-15(14)23)20-18(25)7-4-6-17-22-21-16-5-2-3-10-24(16)17/h2-3,5,8-12H,4,6-7H2,1H3,(H,20,25). The van der Waals surface area contributed by atoms with Crippen molar-refractivity contribution >= 4 is 28.3 Å². The molecule has 3 aromatic heterocycles. The van der Waals surface area contributed by atoms with Gasteiger partial charge in [0.15, 0.2) is 5.65 Å². The fraction of sp³-hybridized carbons (Fsp3) is 0.222. The number of rotatable bonds is 5. The predicted molar refractivity (Wildman–Crippen MR) is 95.3 cm³/mol. The Bertz CT molecular complexity index is 1050. The number of pyridine rings is 1. The molecule has 0 radical (unpaired) electrons. The van der Waals surface area contributed by atoms with E-state index in [2.05, 4.69) is 20.5 Å². The average molecular weight is 334 g/mol. The number of amides is 1. The van der Waals surface area contributed by atoms with E-state index >= 15 is 0 Å². The van der Waals surface area contributed by atoms with Gasteiger partial charge in [0.25, 0.3) is 0 Å². The normalized spacial score (nSPS) is 11.2. The van der Waals surface area contributed by atoms with E-state index in [4.69, 9.17) is 0 Å². The molecule has 1 amide bonds. The predicted octanol–water partition coefficient (Wildman–Crippen LogP) is 2.58. The summed E-state index contributed by atoms with van der Waals surface area (Å²) in [6, 6.07) is 11.5. The van der Waals surface area contributed by atoms with Crippen molar-refractivity contribution in [1.82, 2.24) is 24.1 Å². The first-order valence-corrected chi connectivity index (χ1v) is 8.20. The van der Waals surface area contributed by atoms with Crippen LogP contribution in [0.25, 0.3) is 16.7 Å². The van der Waals surface area contributed by atoms with Gasteiger partial charge in [-0.1, -0.05) is 6.07 Å². The number of anilines is 1. The van der Waals surface area contributed by atoms with Gasteiger partial charge < -0.3 is 9.88 Å². The Hall–Kier alpha value is -3.22. The Labute approximate surface area is 144 Å². The molecular weight excluding hydrogens is 316 g/mol. The summed E-state index contributed by atoms with van der Waals surface area (Å²) in [5, 5.41) is 11.2. The van der Waals surface area contributed by atoms with Gasteiger partial charge in [0.2, 0.25) is 5.91 Å². The van der Waals surface area contributed by atoms with E-state index in [1.807, 2.05) is 58.6 Å². The van der Waals surface area contributed by atoms with Crippen molar-refractivity contribution in [2.75, 3.05) is 5.32 Å². The van der Waals surface area contributed by atoms with Crippen molar-refractivity contribution in [3.05, 3.63) is 54.7 Å². The van der Waals surface area contributed by atoms with E-state index in [0.717, 1.165) is 28.2 Å². The molecule has 25 heavy (non-hydrogen) atoms. The maximum Gasteiger partial charge on any atom is 0.224 e. The lowest BCUT2D eigenvalue weighted by atomic mass is 10.2. The number of nitrogens with one attached hydrogen (secondary N) is 1. The number of benzene rings is 1. The van der Waals surface area contributed by atoms with Gasteiger partial charge in [-0.25, -0.2) is 4.98 Å². The zero-order chi connectivity index (χ0) is 17.2. The number of aromatic nitrogens is 5. The lowest BCUT2D eigenvalue weighted by molar-refractivity contribution is -0.116. The van der Waals surface area contributed by atoms with E-state index in [-0.39, 0.29) is 5.91 Å². The molecule has 7 heteroatoms. The Balaban J connectivity index is 1.35. The summed E-state index contributed by atoms with van der Waals surface area (Å²) >= 11 is 0. The molecule has 4 rings (SSSR count). The fourth-order valence-electron chi connectivity index (χ4n) is 2.91. The summed E-state index contributed by atoms with van der Waals surface area (Å²) in [6.45, 7) is 0. The molecule has 7 nitrogen and oxygen atoms in total. The third kappa shape index (κ3) is 3.08. The lowest BCUT2D eigenvalue weighted by Crippen LogP contribution is -2.11. The molecule has 0 bridgehead atoms. The average Bonchev–Trinajstić information content (AvgIpc) is 3.19. The van der Waals surface area contributed by atoms with Gasteiger partial charge in [-0.15, -0.1) is 10.2 Å². The molecule has 0 aliphatic carbocycles. The molecule has 0 saturated heterocycles. The third-order valence-electron chi connectivity index (χ3n) is 4.20. The molecule has 0 unspecified atom stereocenters. The summed E-state index contributed by atoms with van der Waals surface area (Å²) in [5.74, 6) is 0.863. The second kappa shape index (κ2) is 6.35. The highest BCUT2D eigenvalue weighted by molar-refractivity contribution is 5.93. The van der Waals surface area contributed by atoms with Crippen LogP contribution >= 0.6 is 0 Å². The smallest absolute Gasteiger partial charge is 0.224 e. The van der Waals surface area contributed by atoms with Gasteiger partial charge in [0.05, 0.1) is 17.4 Å². The monoisotopic (exact) mass is 334 g/mol. The molecule has 1 N–H and O–H groups in total. The third-order valence-corrected chi connectivity index (χ3v) is 4.20. The molecule has 1 aromatic carbocycles. The van der Waals surface area contributed by atoms with Crippen molar-refractivity contribution in [1.29, 1.82) is 0 Å². The van der Waals surface area contributed by atoms with Crippen LogP contribution in [0, 0.1) is 0 Å². The van der Waals surface area contributed by atoms with Crippen molar-refractivity contribution in [3.8, 4) is 0 Å². The number of fused-ring (bicyclic) bond motifs is 2. The summed E-state index contributed by atoms with van der Waals surface area (Å²) < 4.78 is 3.90. The first kappa shape index (κ1) is 15.3. The fourth-order valence-corrected chi connectivity index (χ4v) is 2.91. The Morgan fingerprint density at radius 3 is 3.04 bits per heavy atom. The summed E-state index contributed by atoms with van der Waals surface area (Å²) in [5.41, 5.74) is 3.50. The van der Waals surface area contributed by atoms with Gasteiger partial charge in [-0.3, -0.25) is 9.20 Å². The number of hydrogen-bond acceptors (Lipinski definition) is 4. The zero-order valence-corrected chi connectivity index (χ0v) is 13.9. The minimum Gasteiger partial charge on any atom is -0.334 e. The second-order valence-electron chi connectivity index (χ2n) is 6.01. The van der Waals surface area contributed by atoms with E-state index in [0.29, 0.717) is 19.3 Å². The maximum absolute atomic E-state index is 12.2. The molecule has 0 spiro atoms.